The fourth-order valence-corrected chi connectivity index (χ4v) is 4.67. The van der Waals surface area contributed by atoms with E-state index in [9.17, 15) is 24.6 Å². The van der Waals surface area contributed by atoms with E-state index >= 15 is 0 Å². The van der Waals surface area contributed by atoms with Crippen LogP contribution in [0.5, 0.6) is 5.75 Å². The molecule has 1 aliphatic heterocycles. The molecule has 1 aliphatic rings. The third-order valence-corrected chi connectivity index (χ3v) is 6.63. The number of hydrogen-bond donors (Lipinski definition) is 4. The highest BCUT2D eigenvalue weighted by Crippen LogP contribution is 2.28. The number of carboxylic acids is 1. The molecule has 0 atom stereocenters. The summed E-state index contributed by atoms with van der Waals surface area (Å²) in [5.74, 6) is -1.97. The Morgan fingerprint density at radius 3 is 2.27 bits per heavy atom. The molecule has 0 unspecified atom stereocenters. The monoisotopic (exact) mass is 545 g/mol. The zero-order chi connectivity index (χ0) is 28.9. The number of carboxylic acid groups (broad SMARTS) is 1. The Labute approximate surface area is 233 Å². The van der Waals surface area contributed by atoms with Crippen LogP contribution in [0.1, 0.15) is 59.9 Å². The van der Waals surface area contributed by atoms with Crippen LogP contribution in [0.4, 0.5) is 10.5 Å². The molecule has 3 aromatic carbocycles. The number of alkyl carbamates (subject to hydrolysis) is 1. The van der Waals surface area contributed by atoms with Crippen molar-refractivity contribution in [2.75, 3.05) is 18.4 Å². The molecule has 1 fully saturated rings. The number of nitrogens with zero attached hydrogens (tertiary/aromatic N) is 1. The van der Waals surface area contributed by atoms with Crippen molar-refractivity contribution in [2.24, 2.45) is 0 Å². The number of nitrogens with one attached hydrogen (secondary N) is 2. The molecule has 0 saturated carbocycles. The first-order chi connectivity index (χ1) is 19.0. The lowest BCUT2D eigenvalue weighted by Crippen LogP contribution is -2.45. The molecule has 40 heavy (non-hydrogen) atoms. The smallest absolute Gasteiger partial charge is 0.407 e. The molecular formula is C31H35N3O6. The number of anilines is 1. The molecule has 1 heterocycles. The number of rotatable bonds is 7. The molecule has 0 aromatic heterocycles. The second kappa shape index (κ2) is 12.2. The highest BCUT2D eigenvalue weighted by Gasteiger charge is 2.24. The molecule has 3 aromatic rings. The molecule has 1 saturated heterocycles. The average Bonchev–Trinajstić information content (AvgIpc) is 2.90. The van der Waals surface area contributed by atoms with E-state index in [0.29, 0.717) is 6.54 Å². The number of likely N-dealkylation sites (tertiary alicyclic amines) is 1. The third kappa shape index (κ3) is 7.60. The van der Waals surface area contributed by atoms with Crippen molar-refractivity contribution in [1.29, 1.82) is 0 Å². The van der Waals surface area contributed by atoms with Gasteiger partial charge in [-0.25, -0.2) is 9.59 Å². The van der Waals surface area contributed by atoms with Gasteiger partial charge in [0.1, 0.15) is 11.4 Å². The molecule has 2 amide bonds. The summed E-state index contributed by atoms with van der Waals surface area (Å²) in [5.41, 5.74) is 2.06. The number of carbonyl (C=O) groups is 3. The lowest BCUT2D eigenvalue weighted by atomic mass is 10.0. The first kappa shape index (κ1) is 28.6. The van der Waals surface area contributed by atoms with Crippen LogP contribution in [0.3, 0.4) is 0 Å². The molecular weight excluding hydrogens is 510 g/mol. The summed E-state index contributed by atoms with van der Waals surface area (Å²) in [6, 6.07) is 19.1. The van der Waals surface area contributed by atoms with Crippen molar-refractivity contribution in [3.8, 4) is 16.9 Å². The van der Waals surface area contributed by atoms with E-state index in [4.69, 9.17) is 4.74 Å². The van der Waals surface area contributed by atoms with Gasteiger partial charge in [0.15, 0.2) is 0 Å². The van der Waals surface area contributed by atoms with Gasteiger partial charge in [-0.3, -0.25) is 9.69 Å². The third-order valence-electron chi connectivity index (χ3n) is 6.63. The van der Waals surface area contributed by atoms with E-state index in [1.807, 2.05) is 51.1 Å². The van der Waals surface area contributed by atoms with Gasteiger partial charge in [-0.1, -0.05) is 42.5 Å². The van der Waals surface area contributed by atoms with Crippen LogP contribution in [0.2, 0.25) is 0 Å². The predicted octanol–water partition coefficient (Wildman–Crippen LogP) is 5.50. The second-order valence-corrected chi connectivity index (χ2v) is 10.9. The van der Waals surface area contributed by atoms with Crippen LogP contribution in [-0.4, -0.2) is 57.8 Å². The number of carbonyl (C=O) groups excluding carboxylic acids is 2. The lowest BCUT2D eigenvalue weighted by Gasteiger charge is -2.33. The van der Waals surface area contributed by atoms with Crippen LogP contribution in [0.15, 0.2) is 66.7 Å². The summed E-state index contributed by atoms with van der Waals surface area (Å²) >= 11 is 0. The quantitative estimate of drug-likeness (QED) is 0.309. The first-order valence-corrected chi connectivity index (χ1v) is 13.3. The second-order valence-electron chi connectivity index (χ2n) is 10.9. The molecule has 0 radical (unpaired) electrons. The standard InChI is InChI=1S/C31H35N3O6/c1-31(2,3)40-30(39)32-23-13-15-34(16-14-23)19-20-9-12-27(35)25(17-20)28(36)33-26-18-22(10-11-24(26)29(37)38)21-7-5-4-6-8-21/h4-12,17-18,23,35H,13-16,19H2,1-3H3,(H,32,39)(H,33,36)(H,37,38). The van der Waals surface area contributed by atoms with Crippen LogP contribution >= 0.6 is 0 Å². The molecule has 9 nitrogen and oxygen atoms in total. The Balaban J connectivity index is 1.42. The number of benzene rings is 3. The normalized spacial score (nSPS) is 14.4. The Bertz CT molecular complexity index is 1380. The number of amides is 2. The van der Waals surface area contributed by atoms with Gasteiger partial charge in [-0.15, -0.1) is 0 Å². The molecule has 0 aliphatic carbocycles. The van der Waals surface area contributed by atoms with Gasteiger partial charge in [0.25, 0.3) is 5.91 Å². The van der Waals surface area contributed by atoms with Gasteiger partial charge in [0, 0.05) is 25.7 Å². The first-order valence-electron chi connectivity index (χ1n) is 13.3. The Hall–Kier alpha value is -4.37. The summed E-state index contributed by atoms with van der Waals surface area (Å²) in [6.45, 7) is 7.54. The summed E-state index contributed by atoms with van der Waals surface area (Å²) in [6.07, 6.45) is 1.11. The summed E-state index contributed by atoms with van der Waals surface area (Å²) < 4.78 is 5.34. The highest BCUT2D eigenvalue weighted by molar-refractivity contribution is 6.09. The fourth-order valence-electron chi connectivity index (χ4n) is 4.67. The van der Waals surface area contributed by atoms with Gasteiger partial charge in [0.2, 0.25) is 0 Å². The Kier molecular flexibility index (Phi) is 8.74. The zero-order valence-electron chi connectivity index (χ0n) is 22.9. The zero-order valence-corrected chi connectivity index (χ0v) is 22.9. The van der Waals surface area contributed by atoms with E-state index < -0.39 is 23.6 Å². The number of hydrogen-bond acceptors (Lipinski definition) is 6. The minimum Gasteiger partial charge on any atom is -0.507 e. The Morgan fingerprint density at radius 2 is 1.62 bits per heavy atom. The summed E-state index contributed by atoms with van der Waals surface area (Å²) in [4.78, 5) is 39.3. The van der Waals surface area contributed by atoms with Crippen molar-refractivity contribution in [3.63, 3.8) is 0 Å². The van der Waals surface area contributed by atoms with Crippen LogP contribution < -0.4 is 10.6 Å². The maximum absolute atomic E-state index is 13.2. The minimum atomic E-state index is -1.17. The van der Waals surface area contributed by atoms with E-state index in [1.165, 1.54) is 12.1 Å². The van der Waals surface area contributed by atoms with Gasteiger partial charge < -0.3 is 25.6 Å². The lowest BCUT2D eigenvalue weighted by molar-refractivity contribution is 0.0476. The molecule has 0 bridgehead atoms. The van der Waals surface area contributed by atoms with Crippen molar-refractivity contribution in [3.05, 3.63) is 83.4 Å². The van der Waals surface area contributed by atoms with Crippen LogP contribution in [-0.2, 0) is 11.3 Å². The highest BCUT2D eigenvalue weighted by atomic mass is 16.6. The fraction of sp³-hybridized carbons (Fsp3) is 0.323. The van der Waals surface area contributed by atoms with E-state index in [2.05, 4.69) is 15.5 Å². The molecule has 210 valence electrons. The van der Waals surface area contributed by atoms with E-state index in [1.54, 1.807) is 24.3 Å². The molecule has 9 heteroatoms. The SMILES string of the molecule is CC(C)(C)OC(=O)NC1CCN(Cc2ccc(O)c(C(=O)Nc3cc(-c4ccccc4)ccc3C(=O)O)c2)CC1. The summed E-state index contributed by atoms with van der Waals surface area (Å²) in [5, 5.41) is 25.7. The van der Waals surface area contributed by atoms with E-state index in [-0.39, 0.29) is 28.6 Å². The predicted molar refractivity (Wildman–Crippen MR) is 153 cm³/mol. The van der Waals surface area contributed by atoms with Crippen molar-refractivity contribution in [2.45, 2.75) is 51.8 Å². The van der Waals surface area contributed by atoms with E-state index in [0.717, 1.165) is 42.6 Å². The number of ether oxygens (including phenoxy) is 1. The molecule has 4 rings (SSSR count). The van der Waals surface area contributed by atoms with Crippen LogP contribution in [0, 0.1) is 0 Å². The number of phenols is 1. The maximum atomic E-state index is 13.2. The molecule has 4 N–H and O–H groups in total. The topological polar surface area (TPSA) is 128 Å². The number of piperidine rings is 1. The number of aromatic hydroxyl groups is 1. The van der Waals surface area contributed by atoms with Gasteiger partial charge in [0.05, 0.1) is 16.8 Å². The van der Waals surface area contributed by atoms with Crippen molar-refractivity contribution < 1.29 is 29.3 Å². The maximum Gasteiger partial charge on any atom is 0.407 e. The number of phenolic OH excluding ortho intramolecular Hbond substituents is 1. The average molecular weight is 546 g/mol. The van der Waals surface area contributed by atoms with Crippen molar-refractivity contribution in [1.82, 2.24) is 10.2 Å². The molecule has 0 spiro atoms. The Morgan fingerprint density at radius 1 is 0.925 bits per heavy atom. The summed E-state index contributed by atoms with van der Waals surface area (Å²) in [7, 11) is 0. The number of aromatic carboxylic acids is 1. The van der Waals surface area contributed by atoms with Gasteiger partial charge in [-0.2, -0.15) is 0 Å². The largest absolute Gasteiger partial charge is 0.507 e. The van der Waals surface area contributed by atoms with Crippen molar-refractivity contribution >= 4 is 23.7 Å². The van der Waals surface area contributed by atoms with Crippen LogP contribution in [0.25, 0.3) is 11.1 Å². The minimum absolute atomic E-state index is 0.0299. The van der Waals surface area contributed by atoms with Gasteiger partial charge >= 0.3 is 12.1 Å². The van der Waals surface area contributed by atoms with Gasteiger partial charge in [-0.05, 0) is 74.6 Å².